The zero-order valence-electron chi connectivity index (χ0n) is 13.3. The Morgan fingerprint density at radius 2 is 2.05 bits per heavy atom. The molecule has 2 aliphatic heterocycles. The number of likely N-dealkylation sites (tertiary alicyclic amines) is 1. The number of nitrogens with zero attached hydrogens (tertiary/aromatic N) is 2. The largest absolute Gasteiger partial charge is 0.496 e. The molecule has 0 saturated carbocycles. The lowest BCUT2D eigenvalue weighted by molar-refractivity contribution is -0.132. The number of rotatable bonds is 4. The summed E-state index contributed by atoms with van der Waals surface area (Å²) in [6.07, 6.45) is 2.28. The van der Waals surface area contributed by atoms with Crippen molar-refractivity contribution in [3.05, 3.63) is 29.8 Å². The van der Waals surface area contributed by atoms with Crippen LogP contribution in [-0.4, -0.2) is 62.1 Å². The molecule has 1 aromatic rings. The van der Waals surface area contributed by atoms with Crippen LogP contribution in [0, 0.1) is 0 Å². The molecule has 0 aliphatic carbocycles. The zero-order valence-corrected chi connectivity index (χ0v) is 13.3. The quantitative estimate of drug-likeness (QED) is 0.910. The molecular formula is C17H25N3O2. The maximum atomic E-state index is 12.5. The van der Waals surface area contributed by atoms with E-state index in [9.17, 15) is 4.79 Å². The molecule has 0 bridgehead atoms. The SMILES string of the molecule is COc1ccccc1[C@H]1CNCCN1CC(=O)N1CCCC1. The van der Waals surface area contributed by atoms with Crippen molar-refractivity contribution in [2.75, 3.05) is 46.4 Å². The lowest BCUT2D eigenvalue weighted by Crippen LogP contribution is -2.49. The topological polar surface area (TPSA) is 44.8 Å². The third-order valence-electron chi connectivity index (χ3n) is 4.65. The fourth-order valence-electron chi connectivity index (χ4n) is 3.42. The summed E-state index contributed by atoms with van der Waals surface area (Å²) in [5, 5.41) is 3.44. The summed E-state index contributed by atoms with van der Waals surface area (Å²) in [6.45, 7) is 5.02. The van der Waals surface area contributed by atoms with E-state index in [-0.39, 0.29) is 11.9 Å². The Bertz CT molecular complexity index is 514. The summed E-state index contributed by atoms with van der Waals surface area (Å²) in [6, 6.07) is 8.30. The van der Waals surface area contributed by atoms with E-state index in [1.54, 1.807) is 7.11 Å². The van der Waals surface area contributed by atoms with Crippen LogP contribution in [0.15, 0.2) is 24.3 Å². The Balaban J connectivity index is 1.74. The van der Waals surface area contributed by atoms with Gasteiger partial charge in [-0.3, -0.25) is 9.69 Å². The van der Waals surface area contributed by atoms with Gasteiger partial charge in [-0.15, -0.1) is 0 Å². The molecule has 2 heterocycles. The first-order valence-electron chi connectivity index (χ1n) is 8.15. The van der Waals surface area contributed by atoms with Crippen molar-refractivity contribution in [1.29, 1.82) is 0 Å². The number of ether oxygens (including phenoxy) is 1. The maximum Gasteiger partial charge on any atom is 0.236 e. The fourth-order valence-corrected chi connectivity index (χ4v) is 3.42. The van der Waals surface area contributed by atoms with Crippen LogP contribution in [0.5, 0.6) is 5.75 Å². The number of piperazine rings is 1. The molecule has 5 nitrogen and oxygen atoms in total. The van der Waals surface area contributed by atoms with E-state index >= 15 is 0 Å². The van der Waals surface area contributed by atoms with E-state index in [0.717, 1.165) is 56.9 Å². The molecule has 3 rings (SSSR count). The van der Waals surface area contributed by atoms with E-state index < -0.39 is 0 Å². The molecule has 0 spiro atoms. The Kier molecular flexibility index (Phi) is 4.95. The Hall–Kier alpha value is -1.59. The lowest BCUT2D eigenvalue weighted by atomic mass is 10.0. The van der Waals surface area contributed by atoms with Gasteiger partial charge in [0.1, 0.15) is 5.75 Å². The van der Waals surface area contributed by atoms with E-state index in [1.807, 2.05) is 23.1 Å². The van der Waals surface area contributed by atoms with Crippen LogP contribution in [-0.2, 0) is 4.79 Å². The highest BCUT2D eigenvalue weighted by atomic mass is 16.5. The minimum absolute atomic E-state index is 0.191. The van der Waals surface area contributed by atoms with Crippen molar-refractivity contribution in [2.45, 2.75) is 18.9 Å². The predicted molar refractivity (Wildman–Crippen MR) is 86.0 cm³/mol. The van der Waals surface area contributed by atoms with Gasteiger partial charge in [0.15, 0.2) is 0 Å². The summed E-state index contributed by atoms with van der Waals surface area (Å²) in [5.74, 6) is 1.16. The first-order valence-corrected chi connectivity index (χ1v) is 8.15. The number of methoxy groups -OCH3 is 1. The van der Waals surface area contributed by atoms with Crippen molar-refractivity contribution < 1.29 is 9.53 Å². The molecule has 5 heteroatoms. The molecule has 0 radical (unpaired) electrons. The van der Waals surface area contributed by atoms with Crippen LogP contribution in [0.1, 0.15) is 24.4 Å². The summed E-state index contributed by atoms with van der Waals surface area (Å²) >= 11 is 0. The molecule has 1 atom stereocenters. The van der Waals surface area contributed by atoms with E-state index in [1.165, 1.54) is 0 Å². The lowest BCUT2D eigenvalue weighted by Gasteiger charge is -2.37. The third kappa shape index (κ3) is 3.25. The number of para-hydroxylation sites is 1. The van der Waals surface area contributed by atoms with Gasteiger partial charge in [0.05, 0.1) is 19.7 Å². The zero-order chi connectivity index (χ0) is 15.4. The standard InChI is InChI=1S/C17H25N3O2/c1-22-16-7-3-2-6-14(16)15-12-18-8-11-20(15)13-17(21)19-9-4-5-10-19/h2-3,6-7,15,18H,4-5,8-13H2,1H3/t15-/m1/s1. The van der Waals surface area contributed by atoms with Crippen molar-refractivity contribution in [3.63, 3.8) is 0 Å². The highest BCUT2D eigenvalue weighted by molar-refractivity contribution is 5.78. The predicted octanol–water partition coefficient (Wildman–Crippen LogP) is 1.26. The van der Waals surface area contributed by atoms with E-state index in [2.05, 4.69) is 16.3 Å². The van der Waals surface area contributed by atoms with Crippen molar-refractivity contribution in [1.82, 2.24) is 15.1 Å². The molecule has 2 fully saturated rings. The van der Waals surface area contributed by atoms with Crippen LogP contribution in [0.3, 0.4) is 0 Å². The second-order valence-electron chi connectivity index (χ2n) is 6.02. The monoisotopic (exact) mass is 303 g/mol. The van der Waals surface area contributed by atoms with E-state index in [0.29, 0.717) is 6.54 Å². The van der Waals surface area contributed by atoms with Crippen molar-refractivity contribution >= 4 is 5.91 Å². The molecule has 120 valence electrons. The molecule has 1 aromatic carbocycles. The Morgan fingerprint density at radius 1 is 1.27 bits per heavy atom. The molecule has 1 N–H and O–H groups in total. The van der Waals surface area contributed by atoms with Crippen LogP contribution in [0.4, 0.5) is 0 Å². The average Bonchev–Trinajstić information content (AvgIpc) is 3.10. The normalized spacial score (nSPS) is 22.8. The average molecular weight is 303 g/mol. The van der Waals surface area contributed by atoms with E-state index in [4.69, 9.17) is 4.74 Å². The fraction of sp³-hybridized carbons (Fsp3) is 0.588. The molecule has 1 amide bonds. The van der Waals surface area contributed by atoms with Gasteiger partial charge in [-0.2, -0.15) is 0 Å². The summed E-state index contributed by atoms with van der Waals surface area (Å²) < 4.78 is 5.50. The van der Waals surface area contributed by atoms with Gasteiger partial charge in [0.25, 0.3) is 0 Å². The second-order valence-corrected chi connectivity index (χ2v) is 6.02. The van der Waals surface area contributed by atoms with Gasteiger partial charge in [0, 0.05) is 38.3 Å². The number of nitrogens with one attached hydrogen (secondary N) is 1. The molecule has 22 heavy (non-hydrogen) atoms. The molecule has 0 unspecified atom stereocenters. The minimum Gasteiger partial charge on any atom is -0.496 e. The number of amides is 1. The highest BCUT2D eigenvalue weighted by Gasteiger charge is 2.29. The van der Waals surface area contributed by atoms with Crippen LogP contribution >= 0.6 is 0 Å². The highest BCUT2D eigenvalue weighted by Crippen LogP contribution is 2.30. The van der Waals surface area contributed by atoms with Gasteiger partial charge < -0.3 is 15.0 Å². The minimum atomic E-state index is 0.191. The van der Waals surface area contributed by atoms with Crippen molar-refractivity contribution in [2.24, 2.45) is 0 Å². The smallest absolute Gasteiger partial charge is 0.236 e. The van der Waals surface area contributed by atoms with Gasteiger partial charge in [-0.1, -0.05) is 18.2 Å². The van der Waals surface area contributed by atoms with Gasteiger partial charge >= 0.3 is 0 Å². The number of hydrogen-bond acceptors (Lipinski definition) is 4. The second kappa shape index (κ2) is 7.11. The molecular weight excluding hydrogens is 278 g/mol. The van der Waals surface area contributed by atoms with Gasteiger partial charge in [-0.05, 0) is 18.9 Å². The number of carbonyl (C=O) groups is 1. The van der Waals surface area contributed by atoms with Crippen molar-refractivity contribution in [3.8, 4) is 5.75 Å². The van der Waals surface area contributed by atoms with Gasteiger partial charge in [0.2, 0.25) is 5.91 Å². The summed E-state index contributed by atoms with van der Waals surface area (Å²) in [4.78, 5) is 16.8. The number of benzene rings is 1. The first-order chi connectivity index (χ1) is 10.8. The molecule has 2 saturated heterocycles. The van der Waals surface area contributed by atoms with Crippen LogP contribution in [0.2, 0.25) is 0 Å². The Labute approximate surface area is 132 Å². The molecule has 2 aliphatic rings. The maximum absolute atomic E-state index is 12.5. The van der Waals surface area contributed by atoms with Crippen LogP contribution in [0.25, 0.3) is 0 Å². The number of hydrogen-bond donors (Lipinski definition) is 1. The Morgan fingerprint density at radius 3 is 2.82 bits per heavy atom. The third-order valence-corrected chi connectivity index (χ3v) is 4.65. The molecule has 0 aromatic heterocycles. The number of carbonyl (C=O) groups excluding carboxylic acids is 1. The van der Waals surface area contributed by atoms with Gasteiger partial charge in [-0.25, -0.2) is 0 Å². The first kappa shape index (κ1) is 15.3. The summed E-state index contributed by atoms with van der Waals surface area (Å²) in [7, 11) is 1.70. The summed E-state index contributed by atoms with van der Waals surface area (Å²) in [5.41, 5.74) is 1.16. The van der Waals surface area contributed by atoms with Crippen LogP contribution < -0.4 is 10.1 Å².